The van der Waals surface area contributed by atoms with E-state index in [1.54, 1.807) is 23.9 Å². The van der Waals surface area contributed by atoms with E-state index < -0.39 is 10.0 Å². The summed E-state index contributed by atoms with van der Waals surface area (Å²) in [6, 6.07) is 14.8. The van der Waals surface area contributed by atoms with E-state index in [1.807, 2.05) is 43.3 Å². The maximum absolute atomic E-state index is 12.2. The molecule has 0 aromatic heterocycles. The number of carbonyl (C=O) groups excluding carboxylic acids is 1. The molecule has 146 valence electrons. The number of halogens is 1. The Balaban J connectivity index is 1.83. The first-order chi connectivity index (χ1) is 12.8. The molecule has 1 N–H and O–H groups in total. The number of rotatable bonds is 9. The van der Waals surface area contributed by atoms with Crippen molar-refractivity contribution < 1.29 is 13.2 Å². The van der Waals surface area contributed by atoms with Crippen LogP contribution in [0.25, 0.3) is 0 Å². The Morgan fingerprint density at radius 2 is 1.93 bits per heavy atom. The third-order valence-electron chi connectivity index (χ3n) is 3.80. The molecule has 0 heterocycles. The summed E-state index contributed by atoms with van der Waals surface area (Å²) in [6.07, 6.45) is 1.10. The summed E-state index contributed by atoms with van der Waals surface area (Å²) in [7, 11) is -3.56. The summed E-state index contributed by atoms with van der Waals surface area (Å²) in [5.74, 6) is 1.20. The molecule has 0 aliphatic heterocycles. The lowest BCUT2D eigenvalue weighted by Crippen LogP contribution is -2.41. The van der Waals surface area contributed by atoms with Gasteiger partial charge in [0.25, 0.3) is 0 Å². The molecule has 0 saturated heterocycles. The Hall–Kier alpha value is -1.70. The highest BCUT2D eigenvalue weighted by Crippen LogP contribution is 2.21. The van der Waals surface area contributed by atoms with Gasteiger partial charge in [-0.3, -0.25) is 9.10 Å². The van der Waals surface area contributed by atoms with Crippen LogP contribution in [0, 0.1) is 6.92 Å². The molecule has 27 heavy (non-hydrogen) atoms. The van der Waals surface area contributed by atoms with Crippen LogP contribution in [0.4, 0.5) is 5.69 Å². The van der Waals surface area contributed by atoms with Crippen molar-refractivity contribution in [2.24, 2.45) is 0 Å². The van der Waals surface area contributed by atoms with Crippen LogP contribution in [0.1, 0.15) is 11.1 Å². The fraction of sp³-hybridized carbons (Fsp3) is 0.316. The maximum atomic E-state index is 12.2. The highest BCUT2D eigenvalue weighted by Gasteiger charge is 2.21. The summed E-state index contributed by atoms with van der Waals surface area (Å²) in [5, 5.41) is 3.49. The number of carbonyl (C=O) groups is 1. The standard InChI is InChI=1S/C19H23ClN2O3S2/c1-15-6-3-4-9-18(15)22(27(2,24)25)13-19(23)21-10-11-26-14-16-7-5-8-17(20)12-16/h3-9,12H,10-11,13-14H2,1-2H3,(H,21,23). The Bertz CT molecular complexity index is 888. The first-order valence-electron chi connectivity index (χ1n) is 8.39. The molecule has 2 aromatic rings. The van der Waals surface area contributed by atoms with E-state index in [9.17, 15) is 13.2 Å². The van der Waals surface area contributed by atoms with Crippen LogP contribution in [-0.4, -0.2) is 39.4 Å². The van der Waals surface area contributed by atoms with Crippen molar-refractivity contribution in [2.45, 2.75) is 12.7 Å². The minimum Gasteiger partial charge on any atom is -0.354 e. The third-order valence-corrected chi connectivity index (χ3v) is 6.19. The lowest BCUT2D eigenvalue weighted by molar-refractivity contribution is -0.119. The second-order valence-corrected chi connectivity index (χ2v) is 9.54. The van der Waals surface area contributed by atoms with Crippen LogP contribution in [0.2, 0.25) is 5.02 Å². The normalized spacial score (nSPS) is 11.2. The Morgan fingerprint density at radius 1 is 1.19 bits per heavy atom. The van der Waals surface area contributed by atoms with Crippen LogP contribution in [0.5, 0.6) is 0 Å². The van der Waals surface area contributed by atoms with Gasteiger partial charge in [0.15, 0.2) is 0 Å². The van der Waals surface area contributed by atoms with E-state index in [4.69, 9.17) is 11.6 Å². The van der Waals surface area contributed by atoms with Gasteiger partial charge in [0.1, 0.15) is 6.54 Å². The Morgan fingerprint density at radius 3 is 2.59 bits per heavy atom. The number of amides is 1. The van der Waals surface area contributed by atoms with Gasteiger partial charge in [0.05, 0.1) is 11.9 Å². The van der Waals surface area contributed by atoms with Crippen molar-refractivity contribution in [3.05, 3.63) is 64.7 Å². The molecule has 0 unspecified atom stereocenters. The van der Waals surface area contributed by atoms with Gasteiger partial charge < -0.3 is 5.32 Å². The van der Waals surface area contributed by atoms with Gasteiger partial charge in [-0.15, -0.1) is 0 Å². The van der Waals surface area contributed by atoms with E-state index in [1.165, 1.54) is 0 Å². The van der Waals surface area contributed by atoms with Crippen molar-refractivity contribution >= 4 is 45.0 Å². The van der Waals surface area contributed by atoms with Gasteiger partial charge in [0, 0.05) is 23.1 Å². The average molecular weight is 427 g/mol. The molecule has 2 aromatic carbocycles. The molecule has 0 atom stereocenters. The van der Waals surface area contributed by atoms with Crippen LogP contribution in [0.3, 0.4) is 0 Å². The van der Waals surface area contributed by atoms with Gasteiger partial charge >= 0.3 is 0 Å². The topological polar surface area (TPSA) is 66.5 Å². The second kappa shape index (κ2) is 10.0. The van der Waals surface area contributed by atoms with Crippen LogP contribution >= 0.6 is 23.4 Å². The van der Waals surface area contributed by atoms with Crippen LogP contribution in [-0.2, 0) is 20.6 Å². The first kappa shape index (κ1) is 21.6. The van der Waals surface area contributed by atoms with Crippen molar-refractivity contribution in [3.63, 3.8) is 0 Å². The molecule has 5 nitrogen and oxygen atoms in total. The third kappa shape index (κ3) is 7.08. The van der Waals surface area contributed by atoms with E-state index in [0.29, 0.717) is 17.3 Å². The summed E-state index contributed by atoms with van der Waals surface area (Å²) >= 11 is 7.63. The zero-order valence-electron chi connectivity index (χ0n) is 15.3. The van der Waals surface area contributed by atoms with Gasteiger partial charge in [-0.05, 0) is 36.2 Å². The summed E-state index contributed by atoms with van der Waals surface area (Å²) < 4.78 is 25.4. The molecule has 0 fully saturated rings. The van der Waals surface area contributed by atoms with Crippen molar-refractivity contribution in [2.75, 3.05) is 29.4 Å². The molecular weight excluding hydrogens is 404 g/mol. The molecule has 0 spiro atoms. The highest BCUT2D eigenvalue weighted by molar-refractivity contribution is 7.98. The van der Waals surface area contributed by atoms with Crippen LogP contribution in [0.15, 0.2) is 48.5 Å². The Kier molecular flexibility index (Phi) is 8.01. The molecule has 0 bridgehead atoms. The maximum Gasteiger partial charge on any atom is 0.240 e. The molecule has 1 amide bonds. The number of para-hydroxylation sites is 1. The Labute approximate surface area is 170 Å². The lowest BCUT2D eigenvalue weighted by atomic mass is 10.2. The summed E-state index contributed by atoms with van der Waals surface area (Å²) in [6.45, 7) is 2.05. The number of thioether (sulfide) groups is 1. The van der Waals surface area contributed by atoms with Gasteiger partial charge in [0.2, 0.25) is 15.9 Å². The van der Waals surface area contributed by atoms with E-state index in [-0.39, 0.29) is 12.5 Å². The largest absolute Gasteiger partial charge is 0.354 e. The number of sulfonamides is 1. The lowest BCUT2D eigenvalue weighted by Gasteiger charge is -2.23. The number of anilines is 1. The smallest absolute Gasteiger partial charge is 0.240 e. The zero-order valence-corrected chi connectivity index (χ0v) is 17.7. The van der Waals surface area contributed by atoms with Gasteiger partial charge in [-0.1, -0.05) is 41.9 Å². The van der Waals surface area contributed by atoms with Crippen molar-refractivity contribution in [1.82, 2.24) is 5.32 Å². The van der Waals surface area contributed by atoms with Gasteiger partial charge in [-0.2, -0.15) is 11.8 Å². The quantitative estimate of drug-likeness (QED) is 0.623. The van der Waals surface area contributed by atoms with E-state index in [0.717, 1.165) is 33.2 Å². The first-order valence-corrected chi connectivity index (χ1v) is 11.8. The fourth-order valence-corrected chi connectivity index (χ4v) is 4.42. The fourth-order valence-electron chi connectivity index (χ4n) is 2.49. The second-order valence-electron chi connectivity index (χ2n) is 6.09. The van der Waals surface area contributed by atoms with Gasteiger partial charge in [-0.25, -0.2) is 8.42 Å². The number of hydrogen-bond donors (Lipinski definition) is 1. The average Bonchev–Trinajstić information content (AvgIpc) is 2.59. The van der Waals surface area contributed by atoms with Crippen LogP contribution < -0.4 is 9.62 Å². The van der Waals surface area contributed by atoms with E-state index in [2.05, 4.69) is 5.32 Å². The molecule has 2 rings (SSSR count). The minimum absolute atomic E-state index is 0.233. The molecule has 8 heteroatoms. The molecule has 0 aliphatic rings. The molecule has 0 saturated carbocycles. The number of aryl methyl sites for hydroxylation is 1. The number of benzene rings is 2. The zero-order chi connectivity index (χ0) is 19.9. The number of nitrogens with one attached hydrogen (secondary N) is 1. The predicted octanol–water partition coefficient (Wildman–Crippen LogP) is 3.46. The minimum atomic E-state index is -3.56. The number of hydrogen-bond acceptors (Lipinski definition) is 4. The molecule has 0 aliphatic carbocycles. The molecule has 0 radical (unpaired) electrons. The predicted molar refractivity (Wildman–Crippen MR) is 114 cm³/mol. The van der Waals surface area contributed by atoms with Crippen molar-refractivity contribution in [3.8, 4) is 0 Å². The van der Waals surface area contributed by atoms with E-state index >= 15 is 0 Å². The summed E-state index contributed by atoms with van der Waals surface area (Å²) in [4.78, 5) is 12.2. The summed E-state index contributed by atoms with van der Waals surface area (Å²) in [5.41, 5.74) is 2.44. The monoisotopic (exact) mass is 426 g/mol. The highest BCUT2D eigenvalue weighted by atomic mass is 35.5. The van der Waals surface area contributed by atoms with Crippen molar-refractivity contribution in [1.29, 1.82) is 0 Å². The SMILES string of the molecule is Cc1ccccc1N(CC(=O)NCCSCc1cccc(Cl)c1)S(C)(=O)=O. The number of nitrogens with zero attached hydrogens (tertiary/aromatic N) is 1. The molecular formula is C19H23ClN2O3S2.